The zero-order valence-electron chi connectivity index (χ0n) is 22.1. The van der Waals surface area contributed by atoms with E-state index in [4.69, 9.17) is 4.74 Å². The molecule has 3 unspecified atom stereocenters. The van der Waals surface area contributed by atoms with E-state index in [0.29, 0.717) is 6.42 Å². The number of benzene rings is 1. The highest BCUT2D eigenvalue weighted by Crippen LogP contribution is 2.08. The maximum atomic E-state index is 13.0. The standard InChI is InChI=1S/C26H42N4O5/c1-18(15-28-24(34)35-26(5,6)7)29-23(33)21(14-22(32)30-25(2,3)4)27-16-20(17-31)13-19-11-9-8-10-12-19/h8-12,17-18,20-21,27H,13-16H2,1-7H3,(H,28,34)(H,29,33)(H,30,32). The Morgan fingerprint density at radius 1 is 1.00 bits per heavy atom. The number of hydrogen-bond donors (Lipinski definition) is 4. The molecule has 3 atom stereocenters. The van der Waals surface area contributed by atoms with Crippen LogP contribution in [0.25, 0.3) is 0 Å². The van der Waals surface area contributed by atoms with Crippen LogP contribution >= 0.6 is 0 Å². The van der Waals surface area contributed by atoms with Gasteiger partial charge in [-0.2, -0.15) is 0 Å². The summed E-state index contributed by atoms with van der Waals surface area (Å²) >= 11 is 0. The van der Waals surface area contributed by atoms with Crippen LogP contribution < -0.4 is 21.3 Å². The number of alkyl carbamates (subject to hydrolysis) is 1. The van der Waals surface area contributed by atoms with E-state index in [-0.39, 0.29) is 31.3 Å². The Bertz CT molecular complexity index is 830. The van der Waals surface area contributed by atoms with Crippen molar-refractivity contribution < 1.29 is 23.9 Å². The van der Waals surface area contributed by atoms with Crippen LogP contribution in [0.5, 0.6) is 0 Å². The molecule has 0 fully saturated rings. The van der Waals surface area contributed by atoms with Gasteiger partial charge in [0.15, 0.2) is 0 Å². The third-order valence-corrected chi connectivity index (χ3v) is 4.72. The first-order valence-electron chi connectivity index (χ1n) is 12.0. The predicted octanol–water partition coefficient (Wildman–Crippen LogP) is 2.34. The Morgan fingerprint density at radius 3 is 2.17 bits per heavy atom. The molecule has 3 amide bonds. The van der Waals surface area contributed by atoms with Crippen molar-refractivity contribution in [3.8, 4) is 0 Å². The number of nitrogens with one attached hydrogen (secondary N) is 4. The van der Waals surface area contributed by atoms with Crippen LogP contribution in [-0.2, 0) is 25.5 Å². The zero-order valence-corrected chi connectivity index (χ0v) is 22.1. The van der Waals surface area contributed by atoms with Crippen LogP contribution in [0, 0.1) is 5.92 Å². The monoisotopic (exact) mass is 490 g/mol. The van der Waals surface area contributed by atoms with E-state index < -0.39 is 35.2 Å². The Labute approximate surface area is 209 Å². The number of carbonyl (C=O) groups is 4. The Balaban J connectivity index is 2.76. The topological polar surface area (TPSA) is 126 Å². The SMILES string of the molecule is CC(CNC(=O)OC(C)(C)C)NC(=O)C(CC(=O)NC(C)(C)C)NCC(C=O)Cc1ccccc1. The van der Waals surface area contributed by atoms with Gasteiger partial charge in [-0.15, -0.1) is 0 Å². The van der Waals surface area contributed by atoms with Gasteiger partial charge in [-0.3, -0.25) is 9.59 Å². The van der Waals surface area contributed by atoms with Crippen molar-refractivity contribution in [3.63, 3.8) is 0 Å². The van der Waals surface area contributed by atoms with Crippen LogP contribution in [0.2, 0.25) is 0 Å². The number of carbonyl (C=O) groups excluding carboxylic acids is 4. The summed E-state index contributed by atoms with van der Waals surface area (Å²) in [6.07, 6.45) is 0.715. The van der Waals surface area contributed by atoms with Gasteiger partial charge in [0.1, 0.15) is 11.9 Å². The molecule has 1 rings (SSSR count). The maximum Gasteiger partial charge on any atom is 0.407 e. The molecule has 1 aromatic rings. The fourth-order valence-electron chi connectivity index (χ4n) is 3.24. The second kappa shape index (κ2) is 13.8. The molecule has 0 aromatic heterocycles. The van der Waals surface area contributed by atoms with E-state index in [2.05, 4.69) is 21.3 Å². The van der Waals surface area contributed by atoms with Gasteiger partial charge >= 0.3 is 6.09 Å². The zero-order chi connectivity index (χ0) is 26.6. The average Bonchev–Trinajstić information content (AvgIpc) is 2.72. The van der Waals surface area contributed by atoms with Gasteiger partial charge < -0.3 is 30.8 Å². The van der Waals surface area contributed by atoms with Gasteiger partial charge in [-0.1, -0.05) is 30.3 Å². The third-order valence-electron chi connectivity index (χ3n) is 4.72. The number of amides is 3. The maximum absolute atomic E-state index is 13.0. The Morgan fingerprint density at radius 2 is 1.63 bits per heavy atom. The molecule has 1 aromatic carbocycles. The summed E-state index contributed by atoms with van der Waals surface area (Å²) in [5.74, 6) is -1.03. The molecule has 0 radical (unpaired) electrons. The number of ether oxygens (including phenoxy) is 1. The number of hydrogen-bond acceptors (Lipinski definition) is 6. The lowest BCUT2D eigenvalue weighted by molar-refractivity contribution is -0.129. The van der Waals surface area contributed by atoms with Crippen molar-refractivity contribution >= 4 is 24.2 Å². The van der Waals surface area contributed by atoms with E-state index in [1.807, 2.05) is 51.1 Å². The largest absolute Gasteiger partial charge is 0.444 e. The van der Waals surface area contributed by atoms with Crippen LogP contribution in [0.1, 0.15) is 60.5 Å². The van der Waals surface area contributed by atoms with Crippen LogP contribution in [0.4, 0.5) is 4.79 Å². The van der Waals surface area contributed by atoms with E-state index in [9.17, 15) is 19.2 Å². The first-order chi connectivity index (χ1) is 16.2. The summed E-state index contributed by atoms with van der Waals surface area (Å²) in [5.41, 5.74) is -0.0536. The second-order valence-electron chi connectivity index (χ2n) is 10.8. The number of rotatable bonds is 12. The van der Waals surface area contributed by atoms with Crippen molar-refractivity contribution in [3.05, 3.63) is 35.9 Å². The first-order valence-corrected chi connectivity index (χ1v) is 12.0. The molecule has 0 saturated carbocycles. The van der Waals surface area contributed by atoms with Crippen molar-refractivity contribution in [2.24, 2.45) is 5.92 Å². The Hall–Kier alpha value is -2.94. The molecule has 0 aliphatic rings. The molecule has 9 nitrogen and oxygen atoms in total. The molecule has 0 spiro atoms. The minimum atomic E-state index is -0.848. The molecular formula is C26H42N4O5. The van der Waals surface area contributed by atoms with Crippen molar-refractivity contribution in [1.82, 2.24) is 21.3 Å². The van der Waals surface area contributed by atoms with Gasteiger partial charge in [0.2, 0.25) is 11.8 Å². The molecule has 0 aliphatic carbocycles. The summed E-state index contributed by atoms with van der Waals surface area (Å²) in [5, 5.41) is 11.4. The van der Waals surface area contributed by atoms with Crippen molar-refractivity contribution in [2.75, 3.05) is 13.1 Å². The van der Waals surface area contributed by atoms with E-state index in [1.165, 1.54) is 0 Å². The molecule has 35 heavy (non-hydrogen) atoms. The highest BCUT2D eigenvalue weighted by Gasteiger charge is 2.26. The van der Waals surface area contributed by atoms with Crippen LogP contribution in [0.15, 0.2) is 30.3 Å². The third kappa shape index (κ3) is 14.1. The van der Waals surface area contributed by atoms with E-state index >= 15 is 0 Å². The van der Waals surface area contributed by atoms with Crippen LogP contribution in [-0.4, -0.2) is 60.5 Å². The van der Waals surface area contributed by atoms with Crippen molar-refractivity contribution in [2.45, 2.75) is 84.5 Å². The summed E-state index contributed by atoms with van der Waals surface area (Å²) in [4.78, 5) is 49.1. The lowest BCUT2D eigenvalue weighted by Gasteiger charge is -2.25. The first kappa shape index (κ1) is 30.1. The van der Waals surface area contributed by atoms with Gasteiger partial charge in [0.25, 0.3) is 0 Å². The minimum Gasteiger partial charge on any atom is -0.444 e. The van der Waals surface area contributed by atoms with Gasteiger partial charge in [-0.25, -0.2) is 4.79 Å². The molecule has 196 valence electrons. The number of aldehydes is 1. The smallest absolute Gasteiger partial charge is 0.407 e. The normalized spacial score (nSPS) is 14.3. The fraction of sp³-hybridized carbons (Fsp3) is 0.615. The second-order valence-corrected chi connectivity index (χ2v) is 10.8. The summed E-state index contributed by atoms with van der Waals surface area (Å²) in [6, 6.07) is 8.35. The quantitative estimate of drug-likeness (QED) is 0.333. The van der Waals surface area contributed by atoms with Crippen molar-refractivity contribution in [1.29, 1.82) is 0 Å². The molecule has 9 heteroatoms. The van der Waals surface area contributed by atoms with Gasteiger partial charge in [0.05, 0.1) is 12.5 Å². The predicted molar refractivity (Wildman–Crippen MR) is 136 cm³/mol. The highest BCUT2D eigenvalue weighted by atomic mass is 16.6. The Kier molecular flexibility index (Phi) is 11.9. The molecule has 4 N–H and O–H groups in total. The minimum absolute atomic E-state index is 0.0910. The molecule has 0 heterocycles. The molecule has 0 bridgehead atoms. The van der Waals surface area contributed by atoms with E-state index in [0.717, 1.165) is 11.8 Å². The summed E-state index contributed by atoms with van der Waals surface area (Å²) in [7, 11) is 0. The summed E-state index contributed by atoms with van der Waals surface area (Å²) in [6.45, 7) is 13.0. The summed E-state index contributed by atoms with van der Waals surface area (Å²) < 4.78 is 5.20. The van der Waals surface area contributed by atoms with Gasteiger partial charge in [-0.05, 0) is 60.5 Å². The molecular weight excluding hydrogens is 448 g/mol. The lowest BCUT2D eigenvalue weighted by atomic mass is 10.00. The highest BCUT2D eigenvalue weighted by molar-refractivity contribution is 5.88. The van der Waals surface area contributed by atoms with Gasteiger partial charge in [0, 0.05) is 30.6 Å². The molecule has 0 aliphatic heterocycles. The fourth-order valence-corrected chi connectivity index (χ4v) is 3.24. The molecule has 0 saturated heterocycles. The van der Waals surface area contributed by atoms with Crippen LogP contribution in [0.3, 0.4) is 0 Å². The lowest BCUT2D eigenvalue weighted by Crippen LogP contribution is -2.53. The van der Waals surface area contributed by atoms with E-state index in [1.54, 1.807) is 27.7 Å². The average molecular weight is 491 g/mol.